The van der Waals surface area contributed by atoms with E-state index >= 15 is 0 Å². The van der Waals surface area contributed by atoms with Gasteiger partial charge in [-0.2, -0.15) is 0 Å². The van der Waals surface area contributed by atoms with Crippen LogP contribution in [0.25, 0.3) is 0 Å². The molecule has 1 aliphatic heterocycles. The Morgan fingerprint density at radius 2 is 1.95 bits per heavy atom. The molecule has 0 radical (unpaired) electrons. The predicted octanol–water partition coefficient (Wildman–Crippen LogP) is 4.06. The number of fused-ring (bicyclic) bond motifs is 1. The summed E-state index contributed by atoms with van der Waals surface area (Å²) in [4.78, 5) is 2.48. The second-order valence-corrected chi connectivity index (χ2v) is 6.48. The first-order chi connectivity index (χ1) is 9.24. The molecule has 1 saturated heterocycles. The molecule has 1 aromatic carbocycles. The maximum atomic E-state index is 10.0. The Kier molecular flexibility index (Phi) is 3.99. The van der Waals surface area contributed by atoms with Gasteiger partial charge in [-0.3, -0.25) is 4.90 Å². The van der Waals surface area contributed by atoms with Crippen molar-refractivity contribution in [3.8, 4) is 5.75 Å². The van der Waals surface area contributed by atoms with Gasteiger partial charge >= 0.3 is 0 Å². The summed E-state index contributed by atoms with van der Waals surface area (Å²) in [5.41, 5.74) is 0.960. The highest BCUT2D eigenvalue weighted by atomic mass is 35.5. The first-order valence-corrected chi connectivity index (χ1v) is 7.80. The van der Waals surface area contributed by atoms with Crippen LogP contribution in [0.4, 0.5) is 0 Å². The average molecular weight is 280 g/mol. The zero-order valence-electron chi connectivity index (χ0n) is 11.3. The first kappa shape index (κ1) is 13.3. The summed E-state index contributed by atoms with van der Waals surface area (Å²) in [7, 11) is 0. The molecule has 19 heavy (non-hydrogen) atoms. The summed E-state index contributed by atoms with van der Waals surface area (Å²) in [5.74, 6) is 2.09. The molecule has 1 N–H and O–H groups in total. The van der Waals surface area contributed by atoms with Crippen molar-refractivity contribution in [3.05, 3.63) is 28.8 Å². The van der Waals surface area contributed by atoms with Crippen molar-refractivity contribution in [2.75, 3.05) is 13.1 Å². The van der Waals surface area contributed by atoms with Crippen molar-refractivity contribution in [1.29, 1.82) is 0 Å². The maximum absolute atomic E-state index is 10.0. The molecule has 1 heterocycles. The number of halogens is 1. The van der Waals surface area contributed by atoms with Crippen LogP contribution in [0.15, 0.2) is 18.2 Å². The summed E-state index contributed by atoms with van der Waals surface area (Å²) in [6.07, 6.45) is 6.98. The Morgan fingerprint density at radius 1 is 1.16 bits per heavy atom. The fraction of sp³-hybridized carbons (Fsp3) is 0.625. The Bertz CT molecular complexity index is 448. The van der Waals surface area contributed by atoms with Crippen LogP contribution in [0.5, 0.6) is 5.75 Å². The molecule has 3 heteroatoms. The second kappa shape index (κ2) is 5.72. The van der Waals surface area contributed by atoms with Crippen molar-refractivity contribution in [2.24, 2.45) is 11.8 Å². The number of hydrogen-bond acceptors (Lipinski definition) is 2. The van der Waals surface area contributed by atoms with Gasteiger partial charge in [0.15, 0.2) is 0 Å². The van der Waals surface area contributed by atoms with Gasteiger partial charge < -0.3 is 5.11 Å². The number of para-hydroxylation sites is 1. The molecule has 1 saturated carbocycles. The maximum Gasteiger partial charge on any atom is 0.138 e. The van der Waals surface area contributed by atoms with Crippen LogP contribution < -0.4 is 0 Å². The summed E-state index contributed by atoms with van der Waals surface area (Å²) in [6, 6.07) is 5.65. The van der Waals surface area contributed by atoms with Crippen molar-refractivity contribution >= 4 is 11.6 Å². The van der Waals surface area contributed by atoms with Crippen LogP contribution in [0.3, 0.4) is 0 Å². The molecule has 0 aromatic heterocycles. The molecule has 2 fully saturated rings. The van der Waals surface area contributed by atoms with E-state index in [4.69, 9.17) is 11.6 Å². The standard InChI is InChI=1S/C16H22ClNO/c17-15-7-3-6-14(16(15)19)11-18-9-8-12-4-1-2-5-13(12)10-18/h3,6-7,12-13,19H,1-2,4-5,8-11H2. The summed E-state index contributed by atoms with van der Waals surface area (Å²) >= 11 is 5.97. The van der Waals surface area contributed by atoms with Gasteiger partial charge in [0.2, 0.25) is 0 Å². The van der Waals surface area contributed by atoms with Crippen molar-refractivity contribution < 1.29 is 5.11 Å². The zero-order chi connectivity index (χ0) is 13.2. The monoisotopic (exact) mass is 279 g/mol. The Balaban J connectivity index is 1.66. The van der Waals surface area contributed by atoms with Crippen LogP contribution in [0.1, 0.15) is 37.7 Å². The molecule has 3 rings (SSSR count). The molecule has 1 aliphatic carbocycles. The minimum Gasteiger partial charge on any atom is -0.506 e. The number of piperidine rings is 1. The molecular weight excluding hydrogens is 258 g/mol. The van der Waals surface area contributed by atoms with Crippen molar-refractivity contribution in [1.82, 2.24) is 4.90 Å². The lowest BCUT2D eigenvalue weighted by Gasteiger charge is -2.41. The van der Waals surface area contributed by atoms with Gasteiger partial charge in [-0.1, -0.05) is 43.0 Å². The second-order valence-electron chi connectivity index (χ2n) is 6.08. The van der Waals surface area contributed by atoms with Crippen LogP contribution in [-0.2, 0) is 6.54 Å². The van der Waals surface area contributed by atoms with E-state index in [0.717, 1.165) is 30.5 Å². The highest BCUT2D eigenvalue weighted by molar-refractivity contribution is 6.32. The van der Waals surface area contributed by atoms with Crippen LogP contribution in [0.2, 0.25) is 5.02 Å². The third kappa shape index (κ3) is 2.90. The number of benzene rings is 1. The SMILES string of the molecule is Oc1c(Cl)cccc1CN1CCC2CCCCC2C1. The number of rotatable bonds is 2. The number of phenolic OH excluding ortho intramolecular Hbond substituents is 1. The third-order valence-corrected chi connectivity index (χ3v) is 5.14. The molecule has 1 aromatic rings. The van der Waals surface area contributed by atoms with E-state index in [1.807, 2.05) is 12.1 Å². The lowest BCUT2D eigenvalue weighted by atomic mass is 9.75. The molecular formula is C16H22ClNO. The Morgan fingerprint density at radius 3 is 2.79 bits per heavy atom. The van der Waals surface area contributed by atoms with E-state index in [2.05, 4.69) is 4.90 Å². The lowest BCUT2D eigenvalue weighted by molar-refractivity contribution is 0.0815. The quantitative estimate of drug-likeness (QED) is 0.883. The molecule has 0 amide bonds. The largest absolute Gasteiger partial charge is 0.506 e. The smallest absolute Gasteiger partial charge is 0.138 e. The van der Waals surface area contributed by atoms with Crippen LogP contribution >= 0.6 is 11.6 Å². The number of nitrogens with zero attached hydrogens (tertiary/aromatic N) is 1. The fourth-order valence-corrected chi connectivity index (χ4v) is 3.94. The Labute approximate surface area is 120 Å². The zero-order valence-corrected chi connectivity index (χ0v) is 12.1. The highest BCUT2D eigenvalue weighted by Crippen LogP contribution is 2.37. The molecule has 2 nitrogen and oxygen atoms in total. The number of aromatic hydroxyl groups is 1. The molecule has 0 spiro atoms. The number of phenols is 1. The van der Waals surface area contributed by atoms with E-state index in [1.54, 1.807) is 6.07 Å². The summed E-state index contributed by atoms with van der Waals surface area (Å²) < 4.78 is 0. The minimum atomic E-state index is 0.259. The lowest BCUT2D eigenvalue weighted by Crippen LogP contribution is -2.41. The van der Waals surface area contributed by atoms with Gasteiger partial charge in [-0.25, -0.2) is 0 Å². The van der Waals surface area contributed by atoms with E-state index in [9.17, 15) is 5.11 Å². The van der Waals surface area contributed by atoms with E-state index in [0.29, 0.717) is 5.02 Å². The van der Waals surface area contributed by atoms with Crippen molar-refractivity contribution in [3.63, 3.8) is 0 Å². The third-order valence-electron chi connectivity index (χ3n) is 4.84. The minimum absolute atomic E-state index is 0.259. The highest BCUT2D eigenvalue weighted by Gasteiger charge is 2.31. The molecule has 2 atom stereocenters. The molecule has 104 valence electrons. The van der Waals surface area contributed by atoms with E-state index in [1.165, 1.54) is 38.6 Å². The normalized spacial score (nSPS) is 28.1. The van der Waals surface area contributed by atoms with Gasteiger partial charge in [0, 0.05) is 18.7 Å². The first-order valence-electron chi connectivity index (χ1n) is 7.43. The molecule has 2 aliphatic rings. The topological polar surface area (TPSA) is 23.5 Å². The molecule has 2 unspecified atom stereocenters. The van der Waals surface area contributed by atoms with Crippen molar-refractivity contribution in [2.45, 2.75) is 38.6 Å². The van der Waals surface area contributed by atoms with Gasteiger partial charge in [0.1, 0.15) is 5.75 Å². The van der Waals surface area contributed by atoms with Gasteiger partial charge in [0.05, 0.1) is 5.02 Å². The average Bonchev–Trinajstić information content (AvgIpc) is 2.44. The number of likely N-dealkylation sites (tertiary alicyclic amines) is 1. The van der Waals surface area contributed by atoms with Gasteiger partial charge in [-0.15, -0.1) is 0 Å². The van der Waals surface area contributed by atoms with E-state index < -0.39 is 0 Å². The van der Waals surface area contributed by atoms with Crippen LogP contribution in [-0.4, -0.2) is 23.1 Å². The van der Waals surface area contributed by atoms with Gasteiger partial charge in [-0.05, 0) is 37.3 Å². The van der Waals surface area contributed by atoms with E-state index in [-0.39, 0.29) is 5.75 Å². The predicted molar refractivity (Wildman–Crippen MR) is 78.5 cm³/mol. The Hall–Kier alpha value is -0.730. The number of hydrogen-bond donors (Lipinski definition) is 1. The van der Waals surface area contributed by atoms with Gasteiger partial charge in [0.25, 0.3) is 0 Å². The molecule has 0 bridgehead atoms. The fourth-order valence-electron chi connectivity index (χ4n) is 3.75. The van der Waals surface area contributed by atoms with Crippen LogP contribution in [0, 0.1) is 11.8 Å². The summed E-state index contributed by atoms with van der Waals surface area (Å²) in [5, 5.41) is 10.5. The summed E-state index contributed by atoms with van der Waals surface area (Å²) in [6.45, 7) is 3.18.